The van der Waals surface area contributed by atoms with Crippen molar-refractivity contribution in [3.05, 3.63) is 60.7 Å². The van der Waals surface area contributed by atoms with Crippen molar-refractivity contribution in [2.24, 2.45) is 0 Å². The number of rotatable bonds is 16. The van der Waals surface area contributed by atoms with E-state index < -0.39 is 6.15 Å². The quantitative estimate of drug-likeness (QED) is 0.127. The van der Waals surface area contributed by atoms with Crippen LogP contribution >= 0.6 is 7.26 Å². The summed E-state index contributed by atoms with van der Waals surface area (Å²) in [5, 5.41) is 0. The molecule has 0 saturated heterocycles. The molecule has 0 radical (unpaired) electrons. The maximum atomic E-state index is 2.40. The molecule has 0 aliphatic rings. The van der Waals surface area contributed by atoms with Crippen LogP contribution in [0, 0.1) is 0 Å². The number of hydrogen-bond acceptors (Lipinski definition) is 0. The van der Waals surface area contributed by atoms with E-state index in [1.54, 1.807) is 10.9 Å². The van der Waals surface area contributed by atoms with Crippen molar-refractivity contribution in [2.75, 3.05) is 26.7 Å². The summed E-state index contributed by atoms with van der Waals surface area (Å²) in [6.45, 7) is 13.8. The second-order valence-corrected chi connectivity index (χ2v) is 17.2. The standard InChI is InChI=1S/C28H44B.C4H12P/c1-3-5-7-9-11-19-25-29(27-21-15-13-16-22-27,28-23-17-14-18-24-28)26-20-12-10-8-6-4-2;1-5(2,3)4/h13-18,21-24H,3-12,19-20,25-26H2,1-2H3;1-4H3/q-1;+1. The summed E-state index contributed by atoms with van der Waals surface area (Å²) in [4.78, 5) is 0. The molecular weight excluding hydrogens is 426 g/mol. The second kappa shape index (κ2) is 18.2. The molecule has 0 unspecified atom stereocenters. The van der Waals surface area contributed by atoms with Crippen molar-refractivity contribution in [3.63, 3.8) is 0 Å². The van der Waals surface area contributed by atoms with Gasteiger partial charge < -0.3 is 0 Å². The SMILES string of the molecule is CCCCCCCC[B-](CCCCCCCC)(c1ccccc1)c1ccccc1.C[P+](C)(C)C. The van der Waals surface area contributed by atoms with Gasteiger partial charge in [0, 0.05) is 33.9 Å². The molecule has 2 rings (SSSR count). The fraction of sp³-hybridized carbons (Fsp3) is 0.625. The van der Waals surface area contributed by atoms with Gasteiger partial charge in [0.2, 0.25) is 0 Å². The van der Waals surface area contributed by atoms with E-state index in [-0.39, 0.29) is 7.26 Å². The first-order valence-corrected chi connectivity index (χ1v) is 18.0. The molecule has 192 valence electrons. The van der Waals surface area contributed by atoms with Gasteiger partial charge >= 0.3 is 0 Å². The highest BCUT2D eigenvalue weighted by molar-refractivity contribution is 7.73. The smallest absolute Gasteiger partial charge is 0.0544 e. The lowest BCUT2D eigenvalue weighted by Gasteiger charge is -2.42. The summed E-state index contributed by atoms with van der Waals surface area (Å²) in [6, 6.07) is 22.9. The van der Waals surface area contributed by atoms with E-state index in [2.05, 4.69) is 101 Å². The van der Waals surface area contributed by atoms with Crippen LogP contribution < -0.4 is 10.9 Å². The van der Waals surface area contributed by atoms with E-state index >= 15 is 0 Å². The van der Waals surface area contributed by atoms with Crippen LogP contribution in [-0.4, -0.2) is 32.8 Å². The van der Waals surface area contributed by atoms with Crippen LogP contribution in [0.5, 0.6) is 0 Å². The third kappa shape index (κ3) is 13.7. The van der Waals surface area contributed by atoms with Crippen LogP contribution in [0.15, 0.2) is 60.7 Å². The first kappa shape index (κ1) is 31.0. The predicted octanol–water partition coefficient (Wildman–Crippen LogP) is 9.49. The van der Waals surface area contributed by atoms with Gasteiger partial charge in [0.1, 0.15) is 0 Å². The van der Waals surface area contributed by atoms with Crippen LogP contribution in [0.3, 0.4) is 0 Å². The Morgan fingerprint density at radius 3 is 1.09 bits per heavy atom. The average molecular weight is 483 g/mol. The average Bonchev–Trinajstić information content (AvgIpc) is 2.82. The molecule has 0 saturated carbocycles. The maximum Gasteiger partial charge on any atom is 0.0544 e. The molecule has 34 heavy (non-hydrogen) atoms. The van der Waals surface area contributed by atoms with Gasteiger partial charge in [-0.3, -0.25) is 0 Å². The number of unbranched alkanes of at least 4 members (excludes halogenated alkanes) is 10. The zero-order chi connectivity index (χ0) is 25.1. The Kier molecular flexibility index (Phi) is 16.6. The topological polar surface area (TPSA) is 0 Å². The molecule has 2 aromatic rings. The third-order valence-electron chi connectivity index (χ3n) is 6.98. The largest absolute Gasteiger partial charge is 0.205 e. The molecule has 0 aliphatic carbocycles. The van der Waals surface area contributed by atoms with Gasteiger partial charge in [0.25, 0.3) is 0 Å². The Labute approximate surface area is 215 Å². The van der Waals surface area contributed by atoms with Crippen molar-refractivity contribution in [1.82, 2.24) is 0 Å². The minimum Gasteiger partial charge on any atom is -0.205 e. The molecule has 0 nitrogen and oxygen atoms in total. The van der Waals surface area contributed by atoms with Gasteiger partial charge in [-0.05, 0) is 0 Å². The van der Waals surface area contributed by atoms with Crippen molar-refractivity contribution in [1.29, 1.82) is 0 Å². The van der Waals surface area contributed by atoms with Crippen LogP contribution in [-0.2, 0) is 0 Å². The first-order valence-electron chi connectivity index (χ1n) is 14.4. The van der Waals surface area contributed by atoms with E-state index in [1.807, 2.05) is 0 Å². The van der Waals surface area contributed by atoms with Crippen molar-refractivity contribution < 1.29 is 0 Å². The Morgan fingerprint density at radius 2 is 0.765 bits per heavy atom. The fourth-order valence-electron chi connectivity index (χ4n) is 5.19. The maximum absolute atomic E-state index is 2.40. The van der Waals surface area contributed by atoms with Gasteiger partial charge in [-0.1, -0.05) is 152 Å². The highest BCUT2D eigenvalue weighted by Crippen LogP contribution is 2.40. The molecule has 0 aromatic heterocycles. The van der Waals surface area contributed by atoms with E-state index in [9.17, 15) is 0 Å². The molecule has 0 heterocycles. The van der Waals surface area contributed by atoms with Gasteiger partial charge in [-0.2, -0.15) is 12.6 Å². The van der Waals surface area contributed by atoms with E-state index in [0.29, 0.717) is 0 Å². The van der Waals surface area contributed by atoms with E-state index in [0.717, 1.165) is 0 Å². The van der Waals surface area contributed by atoms with E-state index in [1.165, 1.54) is 89.7 Å². The molecule has 2 aromatic carbocycles. The second-order valence-electron chi connectivity index (χ2n) is 11.9. The normalized spacial score (nSPS) is 11.7. The summed E-state index contributed by atoms with van der Waals surface area (Å²) in [5.74, 6) is 0. The van der Waals surface area contributed by atoms with Gasteiger partial charge in [-0.25, -0.2) is 10.9 Å². The molecule has 0 atom stereocenters. The van der Waals surface area contributed by atoms with Crippen LogP contribution in [0.4, 0.5) is 0 Å². The van der Waals surface area contributed by atoms with E-state index in [4.69, 9.17) is 0 Å². The lowest BCUT2D eigenvalue weighted by molar-refractivity contribution is 0.616. The molecule has 0 spiro atoms. The number of hydrogen-bond donors (Lipinski definition) is 0. The monoisotopic (exact) mass is 482 g/mol. The highest BCUT2D eigenvalue weighted by Gasteiger charge is 2.27. The minimum atomic E-state index is -0.660. The van der Waals surface area contributed by atoms with Gasteiger partial charge in [0.15, 0.2) is 0 Å². The Bertz CT molecular complexity index is 641. The molecule has 0 fully saturated rings. The molecule has 2 heteroatoms. The summed E-state index contributed by atoms with van der Waals surface area (Å²) in [6.07, 6.45) is 18.6. The highest BCUT2D eigenvalue weighted by atomic mass is 31.2. The van der Waals surface area contributed by atoms with Crippen LogP contribution in [0.1, 0.15) is 90.9 Å². The summed E-state index contributed by atoms with van der Waals surface area (Å²) in [7, 11) is -0.389. The molecule has 0 amide bonds. The zero-order valence-electron chi connectivity index (χ0n) is 23.7. The molecule has 0 aliphatic heterocycles. The van der Waals surface area contributed by atoms with Gasteiger partial charge in [-0.15, -0.1) is 0 Å². The molecular formula is C32H56BP. The first-order chi connectivity index (χ1) is 16.3. The molecule has 0 N–H and O–H groups in total. The number of benzene rings is 2. The Morgan fingerprint density at radius 1 is 0.471 bits per heavy atom. The van der Waals surface area contributed by atoms with Gasteiger partial charge in [0.05, 0.1) is 6.15 Å². The molecule has 0 bridgehead atoms. The Balaban J connectivity index is 0.00000104. The summed E-state index contributed by atoms with van der Waals surface area (Å²) in [5.41, 5.74) is 3.17. The lowest BCUT2D eigenvalue weighted by Crippen LogP contribution is -2.58. The Hall–Kier alpha value is -1.07. The zero-order valence-corrected chi connectivity index (χ0v) is 24.6. The summed E-state index contributed by atoms with van der Waals surface area (Å²) < 4.78 is 0. The van der Waals surface area contributed by atoms with Crippen molar-refractivity contribution in [3.8, 4) is 0 Å². The van der Waals surface area contributed by atoms with Crippen molar-refractivity contribution in [2.45, 2.75) is 104 Å². The fourth-order valence-corrected chi connectivity index (χ4v) is 5.19. The third-order valence-corrected chi connectivity index (χ3v) is 6.98. The predicted molar refractivity (Wildman–Crippen MR) is 165 cm³/mol. The van der Waals surface area contributed by atoms with Crippen LogP contribution in [0.25, 0.3) is 0 Å². The van der Waals surface area contributed by atoms with Crippen LogP contribution in [0.2, 0.25) is 12.6 Å². The van der Waals surface area contributed by atoms with Crippen molar-refractivity contribution >= 4 is 24.3 Å². The lowest BCUT2D eigenvalue weighted by atomic mass is 9.15. The summed E-state index contributed by atoms with van der Waals surface area (Å²) >= 11 is 0. The minimum absolute atomic E-state index is 0.389.